The molecule has 1 aromatic carbocycles. The normalized spacial score (nSPS) is 11.3. The van der Waals surface area contributed by atoms with Crippen molar-refractivity contribution in [2.45, 2.75) is 13.1 Å². The molecule has 0 radical (unpaired) electrons. The second-order valence-corrected chi connectivity index (χ2v) is 5.73. The number of ether oxygens (including phenoxy) is 1. The number of alkyl halides is 3. The van der Waals surface area contributed by atoms with Crippen molar-refractivity contribution in [3.05, 3.63) is 53.3 Å². The van der Waals surface area contributed by atoms with Gasteiger partial charge in [0.2, 0.25) is 5.88 Å². The van der Waals surface area contributed by atoms with Crippen LogP contribution in [0.4, 0.5) is 18.9 Å². The SMILES string of the molecule is COc1ccc(-n2ncc(C(=O)Nc3cc(C)ccc3O)c2C(F)(F)F)nn1. The molecular formula is C17H14F3N5O3. The number of aryl methyl sites for hydroxylation is 1. The second-order valence-electron chi connectivity index (χ2n) is 5.73. The fraction of sp³-hybridized carbons (Fsp3) is 0.176. The third-order valence-electron chi connectivity index (χ3n) is 3.73. The molecule has 0 aliphatic rings. The number of phenolic OH excluding ortho intramolecular Hbond substituents is 1. The van der Waals surface area contributed by atoms with Crippen LogP contribution in [0.2, 0.25) is 0 Å². The molecule has 11 heteroatoms. The molecule has 0 saturated carbocycles. The van der Waals surface area contributed by atoms with Gasteiger partial charge < -0.3 is 15.2 Å². The third kappa shape index (κ3) is 3.72. The van der Waals surface area contributed by atoms with E-state index < -0.39 is 23.3 Å². The van der Waals surface area contributed by atoms with Crippen molar-refractivity contribution in [3.8, 4) is 17.4 Å². The van der Waals surface area contributed by atoms with Crippen LogP contribution in [0.15, 0.2) is 36.5 Å². The standard InChI is InChI=1S/C17H14F3N5O3/c1-9-3-4-12(26)11(7-9)22-16(27)10-8-21-25(15(10)17(18,19)20)13-5-6-14(28-2)24-23-13/h3-8,26H,1-2H3,(H,22,27). The second kappa shape index (κ2) is 7.18. The average Bonchev–Trinajstić information content (AvgIpc) is 3.10. The molecule has 3 aromatic rings. The molecule has 0 saturated heterocycles. The van der Waals surface area contributed by atoms with Crippen molar-refractivity contribution in [3.63, 3.8) is 0 Å². The maximum absolute atomic E-state index is 13.7. The molecule has 0 unspecified atom stereocenters. The number of halogens is 3. The number of carbonyl (C=O) groups excluding carboxylic acids is 1. The molecule has 28 heavy (non-hydrogen) atoms. The molecule has 8 nitrogen and oxygen atoms in total. The first-order valence-electron chi connectivity index (χ1n) is 7.85. The zero-order valence-electron chi connectivity index (χ0n) is 14.7. The van der Waals surface area contributed by atoms with Crippen LogP contribution >= 0.6 is 0 Å². The predicted molar refractivity (Wildman–Crippen MR) is 91.5 cm³/mol. The summed E-state index contributed by atoms with van der Waals surface area (Å²) in [6, 6.07) is 6.88. The Morgan fingerprint density at radius 3 is 2.57 bits per heavy atom. The number of hydrogen-bond donors (Lipinski definition) is 2. The third-order valence-corrected chi connectivity index (χ3v) is 3.73. The topological polar surface area (TPSA) is 102 Å². The predicted octanol–water partition coefficient (Wildman–Crippen LogP) is 2.96. The molecule has 0 fully saturated rings. The summed E-state index contributed by atoms with van der Waals surface area (Å²) >= 11 is 0. The Balaban J connectivity index is 2.02. The quantitative estimate of drug-likeness (QED) is 0.661. The van der Waals surface area contributed by atoms with Gasteiger partial charge in [0.05, 0.1) is 24.6 Å². The fourth-order valence-electron chi connectivity index (χ4n) is 2.44. The van der Waals surface area contributed by atoms with E-state index >= 15 is 0 Å². The number of rotatable bonds is 4. The van der Waals surface area contributed by atoms with E-state index in [0.29, 0.717) is 10.2 Å². The Hall–Kier alpha value is -3.63. The minimum atomic E-state index is -4.90. The first-order valence-corrected chi connectivity index (χ1v) is 7.85. The highest BCUT2D eigenvalue weighted by Gasteiger charge is 2.41. The maximum Gasteiger partial charge on any atom is 0.434 e. The first-order chi connectivity index (χ1) is 13.2. The van der Waals surface area contributed by atoms with Gasteiger partial charge in [-0.3, -0.25) is 4.79 Å². The average molecular weight is 393 g/mol. The van der Waals surface area contributed by atoms with Crippen molar-refractivity contribution in [2.75, 3.05) is 12.4 Å². The Labute approximate surface area is 156 Å². The number of aromatic nitrogens is 4. The van der Waals surface area contributed by atoms with Crippen LogP contribution < -0.4 is 10.1 Å². The number of anilines is 1. The van der Waals surface area contributed by atoms with Gasteiger partial charge in [-0.25, -0.2) is 4.68 Å². The van der Waals surface area contributed by atoms with Crippen LogP contribution in [0.25, 0.3) is 5.82 Å². The Morgan fingerprint density at radius 1 is 1.21 bits per heavy atom. The van der Waals surface area contributed by atoms with Gasteiger partial charge in [0.25, 0.3) is 5.91 Å². The number of benzene rings is 1. The zero-order valence-corrected chi connectivity index (χ0v) is 14.7. The highest BCUT2D eigenvalue weighted by molar-refractivity contribution is 6.05. The van der Waals surface area contributed by atoms with Gasteiger partial charge in [-0.2, -0.15) is 18.3 Å². The highest BCUT2D eigenvalue weighted by Crippen LogP contribution is 2.34. The highest BCUT2D eigenvalue weighted by atomic mass is 19.4. The number of methoxy groups -OCH3 is 1. The molecule has 2 N–H and O–H groups in total. The van der Waals surface area contributed by atoms with E-state index in [9.17, 15) is 23.1 Å². The van der Waals surface area contributed by atoms with Crippen molar-refractivity contribution in [2.24, 2.45) is 0 Å². The fourth-order valence-corrected chi connectivity index (χ4v) is 2.44. The lowest BCUT2D eigenvalue weighted by atomic mass is 10.2. The van der Waals surface area contributed by atoms with Gasteiger partial charge in [0.1, 0.15) is 5.75 Å². The summed E-state index contributed by atoms with van der Waals surface area (Å²) in [5, 5.41) is 22.9. The number of carbonyl (C=O) groups is 1. The molecular weight excluding hydrogens is 379 g/mol. The lowest BCUT2D eigenvalue weighted by Gasteiger charge is -2.12. The number of nitrogens with one attached hydrogen (secondary N) is 1. The number of hydrogen-bond acceptors (Lipinski definition) is 6. The first kappa shape index (κ1) is 19.1. The van der Waals surface area contributed by atoms with Crippen molar-refractivity contribution in [1.29, 1.82) is 0 Å². The number of aromatic hydroxyl groups is 1. The smallest absolute Gasteiger partial charge is 0.434 e. The molecule has 2 aromatic heterocycles. The van der Waals surface area contributed by atoms with Crippen LogP contribution in [0.1, 0.15) is 21.6 Å². The maximum atomic E-state index is 13.7. The number of nitrogens with zero attached hydrogens (tertiary/aromatic N) is 4. The summed E-state index contributed by atoms with van der Waals surface area (Å²) in [6.45, 7) is 1.70. The van der Waals surface area contributed by atoms with Crippen molar-refractivity contribution in [1.82, 2.24) is 20.0 Å². The van der Waals surface area contributed by atoms with Crippen LogP contribution in [0.3, 0.4) is 0 Å². The summed E-state index contributed by atoms with van der Waals surface area (Å²) in [7, 11) is 1.34. The van der Waals surface area contributed by atoms with E-state index in [1.165, 1.54) is 31.4 Å². The molecule has 2 heterocycles. The molecule has 146 valence electrons. The minimum Gasteiger partial charge on any atom is -0.506 e. The monoisotopic (exact) mass is 393 g/mol. The summed E-state index contributed by atoms with van der Waals surface area (Å²) < 4.78 is 46.2. The lowest BCUT2D eigenvalue weighted by molar-refractivity contribution is -0.143. The van der Waals surface area contributed by atoms with Gasteiger partial charge in [-0.15, -0.1) is 10.2 Å². The number of amides is 1. The van der Waals surface area contributed by atoms with Gasteiger partial charge in [0.15, 0.2) is 11.5 Å². The molecule has 3 rings (SSSR count). The van der Waals surface area contributed by atoms with E-state index in [0.717, 1.165) is 6.20 Å². The largest absolute Gasteiger partial charge is 0.506 e. The van der Waals surface area contributed by atoms with E-state index in [4.69, 9.17) is 4.74 Å². The van der Waals surface area contributed by atoms with E-state index in [2.05, 4.69) is 20.6 Å². The van der Waals surface area contributed by atoms with E-state index in [1.54, 1.807) is 13.0 Å². The van der Waals surface area contributed by atoms with Crippen LogP contribution in [0, 0.1) is 6.92 Å². The van der Waals surface area contributed by atoms with E-state index in [1.807, 2.05) is 0 Å². The van der Waals surface area contributed by atoms with Gasteiger partial charge in [0, 0.05) is 6.07 Å². The molecule has 0 bridgehead atoms. The summed E-state index contributed by atoms with van der Waals surface area (Å²) in [5.41, 5.74) is -1.37. The van der Waals surface area contributed by atoms with Crippen LogP contribution in [-0.2, 0) is 6.18 Å². The van der Waals surface area contributed by atoms with Crippen molar-refractivity contribution >= 4 is 11.6 Å². The summed E-state index contributed by atoms with van der Waals surface area (Å²) in [4.78, 5) is 12.5. The van der Waals surface area contributed by atoms with Gasteiger partial charge >= 0.3 is 6.18 Å². The molecule has 0 atom stereocenters. The van der Waals surface area contributed by atoms with E-state index in [-0.39, 0.29) is 23.1 Å². The number of phenols is 1. The minimum absolute atomic E-state index is 0.0184. The molecule has 0 spiro atoms. The lowest BCUT2D eigenvalue weighted by Crippen LogP contribution is -2.21. The van der Waals surface area contributed by atoms with Gasteiger partial charge in [-0.1, -0.05) is 6.07 Å². The Morgan fingerprint density at radius 2 is 1.96 bits per heavy atom. The Bertz CT molecular complexity index is 1020. The summed E-state index contributed by atoms with van der Waals surface area (Å²) in [5.74, 6) is -1.50. The van der Waals surface area contributed by atoms with Crippen molar-refractivity contribution < 1.29 is 27.8 Å². The zero-order chi connectivity index (χ0) is 20.5. The van der Waals surface area contributed by atoms with Gasteiger partial charge in [-0.05, 0) is 30.7 Å². The Kier molecular flexibility index (Phi) is 4.91. The summed E-state index contributed by atoms with van der Waals surface area (Å²) in [6.07, 6.45) is -4.13. The molecule has 0 aliphatic carbocycles. The molecule has 1 amide bonds. The molecule has 0 aliphatic heterocycles. The van der Waals surface area contributed by atoms with Crippen LogP contribution in [0.5, 0.6) is 11.6 Å². The van der Waals surface area contributed by atoms with Crippen LogP contribution in [-0.4, -0.2) is 38.1 Å².